The van der Waals surface area contributed by atoms with Gasteiger partial charge in [0.05, 0.1) is 11.1 Å². The number of benzene rings is 1. The number of nitrogens with zero attached hydrogens (tertiary/aromatic N) is 3. The van der Waals surface area contributed by atoms with E-state index < -0.39 is 5.82 Å². The van der Waals surface area contributed by atoms with Crippen LogP contribution in [0, 0.1) is 5.82 Å². The molecule has 5 nitrogen and oxygen atoms in total. The molecule has 22 heavy (non-hydrogen) atoms. The fourth-order valence-corrected chi connectivity index (χ4v) is 2.50. The number of halogens is 2. The molecule has 0 bridgehead atoms. The lowest BCUT2D eigenvalue weighted by atomic mass is 10.1. The fourth-order valence-electron chi connectivity index (χ4n) is 2.31. The lowest BCUT2D eigenvalue weighted by molar-refractivity contribution is 0.375. The zero-order valence-corrected chi connectivity index (χ0v) is 13.0. The molecule has 2 heterocycles. The Hall–Kier alpha value is -1.95. The van der Waals surface area contributed by atoms with Gasteiger partial charge in [-0.3, -0.25) is 0 Å². The van der Waals surface area contributed by atoms with E-state index >= 15 is 0 Å². The van der Waals surface area contributed by atoms with Crippen LogP contribution in [-0.2, 0) is 12.8 Å². The van der Waals surface area contributed by atoms with Crippen molar-refractivity contribution in [3.05, 3.63) is 29.7 Å². The second-order valence-electron chi connectivity index (χ2n) is 5.01. The van der Waals surface area contributed by atoms with E-state index in [0.29, 0.717) is 23.7 Å². The maximum absolute atomic E-state index is 14.2. The number of hydrogen-bond acceptors (Lipinski definition) is 4. The summed E-state index contributed by atoms with van der Waals surface area (Å²) in [6, 6.07) is 3.06. The molecule has 3 rings (SSSR count). The Morgan fingerprint density at radius 1 is 1.27 bits per heavy atom. The van der Waals surface area contributed by atoms with E-state index in [0.717, 1.165) is 30.6 Å². The first-order valence-electron chi connectivity index (χ1n) is 7.29. The summed E-state index contributed by atoms with van der Waals surface area (Å²) in [4.78, 5) is 11.9. The number of aryl methyl sites for hydroxylation is 2. The maximum Gasteiger partial charge on any atom is 0.226 e. The number of nitrogens with one attached hydrogen (secondary N) is 1. The van der Waals surface area contributed by atoms with E-state index in [9.17, 15) is 4.39 Å². The lowest BCUT2D eigenvalue weighted by Gasteiger charge is -1.98. The van der Waals surface area contributed by atoms with Gasteiger partial charge in [0.1, 0.15) is 17.2 Å². The summed E-state index contributed by atoms with van der Waals surface area (Å²) in [5, 5.41) is 3.90. The Balaban J connectivity index is 1.98. The van der Waals surface area contributed by atoms with E-state index in [-0.39, 0.29) is 11.4 Å². The molecule has 0 saturated heterocycles. The quantitative estimate of drug-likeness (QED) is 0.552. The van der Waals surface area contributed by atoms with Crippen LogP contribution in [0.25, 0.3) is 22.4 Å². The SMILES string of the molecule is CCc1nc2c(-c3noc(CCCCCl)n3)c(F)ccc2[nH]1. The number of H-pyrrole nitrogens is 1. The molecule has 0 aliphatic heterocycles. The first-order chi connectivity index (χ1) is 10.7. The Morgan fingerprint density at radius 3 is 2.91 bits per heavy atom. The molecule has 0 radical (unpaired) electrons. The van der Waals surface area contributed by atoms with E-state index in [1.165, 1.54) is 6.07 Å². The van der Waals surface area contributed by atoms with Crippen molar-refractivity contribution >= 4 is 22.6 Å². The zero-order valence-electron chi connectivity index (χ0n) is 12.2. The topological polar surface area (TPSA) is 67.6 Å². The number of aromatic amines is 1. The second kappa shape index (κ2) is 6.44. The third-order valence-electron chi connectivity index (χ3n) is 3.45. The summed E-state index contributed by atoms with van der Waals surface area (Å²) in [6.07, 6.45) is 3.12. The van der Waals surface area contributed by atoms with Crippen molar-refractivity contribution < 1.29 is 8.91 Å². The molecule has 0 spiro atoms. The molecule has 0 atom stereocenters. The predicted molar refractivity (Wildman–Crippen MR) is 82.4 cm³/mol. The molecular formula is C15H16ClFN4O. The van der Waals surface area contributed by atoms with Crippen molar-refractivity contribution in [1.82, 2.24) is 20.1 Å². The average Bonchev–Trinajstić information content (AvgIpc) is 3.14. The van der Waals surface area contributed by atoms with Crippen LogP contribution >= 0.6 is 11.6 Å². The van der Waals surface area contributed by atoms with Crippen molar-refractivity contribution in [3.8, 4) is 11.4 Å². The highest BCUT2D eigenvalue weighted by Gasteiger charge is 2.18. The third kappa shape index (κ3) is 2.83. The molecule has 0 unspecified atom stereocenters. The van der Waals surface area contributed by atoms with Crippen LogP contribution in [-0.4, -0.2) is 26.0 Å². The minimum atomic E-state index is -0.408. The molecule has 7 heteroatoms. The molecule has 0 fully saturated rings. The highest BCUT2D eigenvalue weighted by atomic mass is 35.5. The largest absolute Gasteiger partial charge is 0.342 e. The van der Waals surface area contributed by atoms with E-state index in [4.69, 9.17) is 16.1 Å². The highest BCUT2D eigenvalue weighted by molar-refractivity contribution is 6.17. The number of aromatic nitrogens is 4. The number of unbranched alkanes of at least 4 members (excludes halogenated alkanes) is 1. The fraction of sp³-hybridized carbons (Fsp3) is 0.400. The molecule has 2 aromatic heterocycles. The number of imidazole rings is 1. The third-order valence-corrected chi connectivity index (χ3v) is 3.72. The molecule has 0 amide bonds. The van der Waals surface area contributed by atoms with Crippen LogP contribution in [0.4, 0.5) is 4.39 Å². The van der Waals surface area contributed by atoms with E-state index in [1.807, 2.05) is 6.92 Å². The molecule has 0 aliphatic rings. The Morgan fingerprint density at radius 2 is 2.14 bits per heavy atom. The minimum Gasteiger partial charge on any atom is -0.342 e. The lowest BCUT2D eigenvalue weighted by Crippen LogP contribution is -1.91. The van der Waals surface area contributed by atoms with Crippen molar-refractivity contribution in [2.45, 2.75) is 32.6 Å². The van der Waals surface area contributed by atoms with Gasteiger partial charge in [-0.2, -0.15) is 4.98 Å². The van der Waals surface area contributed by atoms with Gasteiger partial charge < -0.3 is 9.51 Å². The molecule has 0 aliphatic carbocycles. The van der Waals surface area contributed by atoms with Gasteiger partial charge in [0.15, 0.2) is 0 Å². The first kappa shape index (κ1) is 15.0. The zero-order chi connectivity index (χ0) is 15.5. The summed E-state index contributed by atoms with van der Waals surface area (Å²) in [5.74, 6) is 1.71. The van der Waals surface area contributed by atoms with Crippen molar-refractivity contribution in [3.63, 3.8) is 0 Å². The minimum absolute atomic E-state index is 0.234. The number of hydrogen-bond donors (Lipinski definition) is 1. The van der Waals surface area contributed by atoms with Gasteiger partial charge in [0.25, 0.3) is 0 Å². The number of rotatable bonds is 6. The summed E-state index contributed by atoms with van der Waals surface area (Å²) in [6.45, 7) is 1.98. The van der Waals surface area contributed by atoms with E-state index in [2.05, 4.69) is 20.1 Å². The number of alkyl halides is 1. The van der Waals surface area contributed by atoms with Gasteiger partial charge in [0.2, 0.25) is 11.7 Å². The van der Waals surface area contributed by atoms with Gasteiger partial charge >= 0.3 is 0 Å². The van der Waals surface area contributed by atoms with Gasteiger partial charge in [-0.1, -0.05) is 12.1 Å². The van der Waals surface area contributed by atoms with Gasteiger partial charge in [0, 0.05) is 18.7 Å². The van der Waals surface area contributed by atoms with Crippen molar-refractivity contribution in [2.24, 2.45) is 0 Å². The van der Waals surface area contributed by atoms with Crippen LogP contribution in [0.5, 0.6) is 0 Å². The predicted octanol–water partition coefficient (Wildman–Crippen LogP) is 3.88. The summed E-state index contributed by atoms with van der Waals surface area (Å²) in [5.41, 5.74) is 1.58. The molecule has 1 N–H and O–H groups in total. The van der Waals surface area contributed by atoms with Gasteiger partial charge in [-0.05, 0) is 25.0 Å². The van der Waals surface area contributed by atoms with E-state index in [1.54, 1.807) is 6.07 Å². The molecule has 0 saturated carbocycles. The molecule has 1 aromatic carbocycles. The summed E-state index contributed by atoms with van der Waals surface area (Å²) >= 11 is 5.64. The monoisotopic (exact) mass is 322 g/mol. The number of fused-ring (bicyclic) bond motifs is 1. The Bertz CT molecular complexity index is 783. The first-order valence-corrected chi connectivity index (χ1v) is 7.82. The second-order valence-corrected chi connectivity index (χ2v) is 5.39. The van der Waals surface area contributed by atoms with Crippen LogP contribution in [0.1, 0.15) is 31.5 Å². The molecule has 3 aromatic rings. The van der Waals surface area contributed by atoms with Crippen LogP contribution in [0.2, 0.25) is 0 Å². The van der Waals surface area contributed by atoms with Crippen LogP contribution in [0.15, 0.2) is 16.7 Å². The van der Waals surface area contributed by atoms with Crippen molar-refractivity contribution in [2.75, 3.05) is 5.88 Å². The smallest absolute Gasteiger partial charge is 0.226 e. The maximum atomic E-state index is 14.2. The molecule has 116 valence electrons. The molecular weight excluding hydrogens is 307 g/mol. The van der Waals surface area contributed by atoms with Crippen LogP contribution in [0.3, 0.4) is 0 Å². The van der Waals surface area contributed by atoms with Crippen molar-refractivity contribution in [1.29, 1.82) is 0 Å². The normalized spacial score (nSPS) is 11.4. The average molecular weight is 323 g/mol. The highest BCUT2D eigenvalue weighted by Crippen LogP contribution is 2.28. The Kier molecular flexibility index (Phi) is 4.38. The summed E-state index contributed by atoms with van der Waals surface area (Å²) < 4.78 is 19.4. The van der Waals surface area contributed by atoms with Gasteiger partial charge in [-0.25, -0.2) is 9.37 Å². The van der Waals surface area contributed by atoms with Crippen LogP contribution < -0.4 is 0 Å². The standard InChI is InChI=1S/C15H16ClFN4O/c1-2-11-18-10-7-6-9(17)13(14(10)19-11)15-20-12(22-21-15)5-3-4-8-16/h6-7H,2-5,8H2,1H3,(H,18,19). The summed E-state index contributed by atoms with van der Waals surface area (Å²) in [7, 11) is 0. The van der Waals surface area contributed by atoms with Gasteiger partial charge in [-0.15, -0.1) is 11.6 Å². The Labute approximate surface area is 131 Å².